The van der Waals surface area contributed by atoms with Gasteiger partial charge in [-0.25, -0.2) is 0 Å². The highest BCUT2D eigenvalue weighted by atomic mass is 14.9. The topological polar surface area (TPSA) is 24.9 Å². The van der Waals surface area contributed by atoms with Gasteiger partial charge < -0.3 is 5.32 Å². The third-order valence-corrected chi connectivity index (χ3v) is 3.74. The number of nitrogens with zero attached hydrogens (tertiary/aromatic N) is 1. The van der Waals surface area contributed by atoms with E-state index in [-0.39, 0.29) is 0 Å². The molecule has 2 heteroatoms. The van der Waals surface area contributed by atoms with Gasteiger partial charge in [0.1, 0.15) is 0 Å². The zero-order valence-corrected chi connectivity index (χ0v) is 10.0. The normalized spacial score (nSPS) is 16.0. The van der Waals surface area contributed by atoms with Crippen LogP contribution in [0.25, 0.3) is 10.8 Å². The van der Waals surface area contributed by atoms with Gasteiger partial charge in [-0.2, -0.15) is 0 Å². The van der Waals surface area contributed by atoms with Crippen LogP contribution in [0.5, 0.6) is 0 Å². The molecule has 0 aliphatic heterocycles. The van der Waals surface area contributed by atoms with Gasteiger partial charge in [-0.3, -0.25) is 4.98 Å². The minimum atomic E-state index is 0.923. The zero-order valence-electron chi connectivity index (χ0n) is 10.0. The molecule has 0 radical (unpaired) electrons. The molecule has 2 aromatic rings. The quantitative estimate of drug-likeness (QED) is 0.866. The molecule has 1 fully saturated rings. The fourth-order valence-corrected chi connectivity index (χ4v) is 2.45. The van der Waals surface area contributed by atoms with Gasteiger partial charge in [0.25, 0.3) is 0 Å². The SMILES string of the molecule is c1cc(CNCC2CCC2)c2ccncc2c1. The molecule has 17 heavy (non-hydrogen) atoms. The van der Waals surface area contributed by atoms with E-state index < -0.39 is 0 Å². The number of fused-ring (bicyclic) bond motifs is 1. The highest BCUT2D eigenvalue weighted by Crippen LogP contribution is 2.25. The first-order chi connectivity index (χ1) is 8.43. The number of aromatic nitrogens is 1. The van der Waals surface area contributed by atoms with E-state index in [1.165, 1.54) is 42.1 Å². The maximum atomic E-state index is 4.16. The molecule has 1 saturated carbocycles. The third-order valence-electron chi connectivity index (χ3n) is 3.74. The first-order valence-electron chi connectivity index (χ1n) is 6.46. The summed E-state index contributed by atoms with van der Waals surface area (Å²) in [6.45, 7) is 2.14. The van der Waals surface area contributed by atoms with E-state index in [1.54, 1.807) is 0 Å². The summed E-state index contributed by atoms with van der Waals surface area (Å²) in [7, 11) is 0. The largest absolute Gasteiger partial charge is 0.312 e. The molecule has 0 saturated heterocycles. The smallest absolute Gasteiger partial charge is 0.0346 e. The van der Waals surface area contributed by atoms with Crippen LogP contribution < -0.4 is 5.32 Å². The maximum absolute atomic E-state index is 4.16. The minimum Gasteiger partial charge on any atom is -0.312 e. The summed E-state index contributed by atoms with van der Waals surface area (Å²) in [5, 5.41) is 6.13. The Labute approximate surface area is 102 Å². The van der Waals surface area contributed by atoms with E-state index in [2.05, 4.69) is 34.6 Å². The van der Waals surface area contributed by atoms with E-state index in [9.17, 15) is 0 Å². The van der Waals surface area contributed by atoms with Gasteiger partial charge in [-0.1, -0.05) is 24.6 Å². The summed E-state index contributed by atoms with van der Waals surface area (Å²) in [5.41, 5.74) is 1.38. The summed E-state index contributed by atoms with van der Waals surface area (Å²) >= 11 is 0. The molecule has 1 aromatic heterocycles. The molecule has 0 atom stereocenters. The molecule has 0 unspecified atom stereocenters. The fraction of sp³-hybridized carbons (Fsp3) is 0.400. The standard InChI is InChI=1S/C15H18N2/c1-3-12(4-1)9-17-11-14-6-2-5-13-10-16-8-7-15(13)14/h2,5-8,10,12,17H,1,3-4,9,11H2. The summed E-state index contributed by atoms with van der Waals surface area (Å²) in [6, 6.07) is 8.55. The number of rotatable bonds is 4. The van der Waals surface area contributed by atoms with Crippen molar-refractivity contribution in [2.45, 2.75) is 25.8 Å². The summed E-state index contributed by atoms with van der Waals surface area (Å²) in [6.07, 6.45) is 8.05. The molecule has 0 amide bonds. The predicted octanol–water partition coefficient (Wildman–Crippen LogP) is 3.12. The first kappa shape index (κ1) is 10.7. The van der Waals surface area contributed by atoms with Gasteiger partial charge in [0.15, 0.2) is 0 Å². The van der Waals surface area contributed by atoms with Crippen LogP contribution in [0.4, 0.5) is 0 Å². The highest BCUT2D eigenvalue weighted by molar-refractivity contribution is 5.84. The van der Waals surface area contributed by atoms with Crippen molar-refractivity contribution in [2.75, 3.05) is 6.54 Å². The van der Waals surface area contributed by atoms with Crippen molar-refractivity contribution >= 4 is 10.8 Å². The van der Waals surface area contributed by atoms with Gasteiger partial charge >= 0.3 is 0 Å². The Morgan fingerprint density at radius 2 is 2.18 bits per heavy atom. The number of hydrogen-bond acceptors (Lipinski definition) is 2. The van der Waals surface area contributed by atoms with Crippen molar-refractivity contribution in [1.82, 2.24) is 10.3 Å². The molecule has 1 aliphatic rings. The molecule has 3 rings (SSSR count). The van der Waals surface area contributed by atoms with Gasteiger partial charge in [-0.15, -0.1) is 0 Å². The lowest BCUT2D eigenvalue weighted by atomic mass is 9.85. The van der Waals surface area contributed by atoms with Crippen LogP contribution in [0.2, 0.25) is 0 Å². The molecule has 1 aromatic carbocycles. The van der Waals surface area contributed by atoms with E-state index in [1.807, 2.05) is 12.4 Å². The predicted molar refractivity (Wildman–Crippen MR) is 70.8 cm³/mol. The Bertz CT molecular complexity index is 498. The van der Waals surface area contributed by atoms with E-state index in [4.69, 9.17) is 0 Å². The minimum absolute atomic E-state index is 0.923. The van der Waals surface area contributed by atoms with E-state index in [0.717, 1.165) is 12.5 Å². The second-order valence-electron chi connectivity index (χ2n) is 4.94. The van der Waals surface area contributed by atoms with Crippen molar-refractivity contribution < 1.29 is 0 Å². The van der Waals surface area contributed by atoms with Crippen molar-refractivity contribution in [3.05, 3.63) is 42.2 Å². The van der Waals surface area contributed by atoms with Crippen LogP contribution in [0.15, 0.2) is 36.7 Å². The molecular weight excluding hydrogens is 208 g/mol. The van der Waals surface area contributed by atoms with Crippen LogP contribution in [0, 0.1) is 5.92 Å². The summed E-state index contributed by atoms with van der Waals surface area (Å²) in [4.78, 5) is 4.16. The van der Waals surface area contributed by atoms with Crippen LogP contribution in [0.3, 0.4) is 0 Å². The first-order valence-corrected chi connectivity index (χ1v) is 6.46. The second-order valence-corrected chi connectivity index (χ2v) is 4.94. The maximum Gasteiger partial charge on any atom is 0.0346 e. The molecule has 1 aliphatic carbocycles. The Kier molecular flexibility index (Phi) is 3.06. The Balaban J connectivity index is 1.71. The van der Waals surface area contributed by atoms with Crippen molar-refractivity contribution in [1.29, 1.82) is 0 Å². The lowest BCUT2D eigenvalue weighted by Gasteiger charge is -2.25. The summed E-state index contributed by atoms with van der Waals surface area (Å²) < 4.78 is 0. The molecule has 1 heterocycles. The number of pyridine rings is 1. The number of benzene rings is 1. The van der Waals surface area contributed by atoms with Gasteiger partial charge in [0.05, 0.1) is 0 Å². The van der Waals surface area contributed by atoms with E-state index >= 15 is 0 Å². The van der Waals surface area contributed by atoms with Crippen molar-refractivity contribution in [3.8, 4) is 0 Å². The molecule has 1 N–H and O–H groups in total. The lowest BCUT2D eigenvalue weighted by Crippen LogP contribution is -2.26. The average Bonchev–Trinajstić information content (AvgIpc) is 2.32. The van der Waals surface area contributed by atoms with Crippen LogP contribution >= 0.6 is 0 Å². The van der Waals surface area contributed by atoms with Gasteiger partial charge in [-0.05, 0) is 42.3 Å². The van der Waals surface area contributed by atoms with Gasteiger partial charge in [0, 0.05) is 24.3 Å². The zero-order chi connectivity index (χ0) is 11.5. The molecule has 0 bridgehead atoms. The lowest BCUT2D eigenvalue weighted by molar-refractivity contribution is 0.301. The fourth-order valence-electron chi connectivity index (χ4n) is 2.45. The Hall–Kier alpha value is -1.41. The molecular formula is C15H18N2. The summed E-state index contributed by atoms with van der Waals surface area (Å²) in [5.74, 6) is 0.923. The highest BCUT2D eigenvalue weighted by Gasteiger charge is 2.16. The molecule has 2 nitrogen and oxygen atoms in total. The van der Waals surface area contributed by atoms with Crippen LogP contribution in [0.1, 0.15) is 24.8 Å². The van der Waals surface area contributed by atoms with Crippen LogP contribution in [-0.2, 0) is 6.54 Å². The second kappa shape index (κ2) is 4.84. The Morgan fingerprint density at radius 1 is 1.24 bits per heavy atom. The average molecular weight is 226 g/mol. The van der Waals surface area contributed by atoms with Gasteiger partial charge in [0.2, 0.25) is 0 Å². The number of hydrogen-bond donors (Lipinski definition) is 1. The monoisotopic (exact) mass is 226 g/mol. The van der Waals surface area contributed by atoms with E-state index in [0.29, 0.717) is 0 Å². The third kappa shape index (κ3) is 2.32. The molecule has 88 valence electrons. The Morgan fingerprint density at radius 3 is 3.00 bits per heavy atom. The number of nitrogens with one attached hydrogen (secondary N) is 1. The van der Waals surface area contributed by atoms with Crippen molar-refractivity contribution in [3.63, 3.8) is 0 Å². The van der Waals surface area contributed by atoms with Crippen LogP contribution in [-0.4, -0.2) is 11.5 Å². The molecule has 0 spiro atoms. The van der Waals surface area contributed by atoms with Crippen molar-refractivity contribution in [2.24, 2.45) is 5.92 Å².